The summed E-state index contributed by atoms with van der Waals surface area (Å²) in [6.07, 6.45) is 0. The molecular formula is C28H28N2O3. The zero-order valence-electron chi connectivity index (χ0n) is 19.6. The summed E-state index contributed by atoms with van der Waals surface area (Å²) >= 11 is 0. The summed E-state index contributed by atoms with van der Waals surface area (Å²) in [7, 11) is 3.26. The molecule has 5 nitrogen and oxygen atoms in total. The Morgan fingerprint density at radius 3 is 2.24 bits per heavy atom. The van der Waals surface area contributed by atoms with Gasteiger partial charge >= 0.3 is 0 Å². The zero-order chi connectivity index (χ0) is 23.5. The molecule has 5 heteroatoms. The van der Waals surface area contributed by atoms with E-state index in [1.807, 2.05) is 86.6 Å². The fourth-order valence-electron chi connectivity index (χ4n) is 3.96. The van der Waals surface area contributed by atoms with Crippen LogP contribution in [-0.2, 0) is 0 Å². The maximum atomic E-state index is 13.3. The highest BCUT2D eigenvalue weighted by atomic mass is 16.5. The van der Waals surface area contributed by atoms with Crippen LogP contribution in [-0.4, -0.2) is 24.7 Å². The number of ether oxygens (including phenoxy) is 2. The number of methoxy groups -OCH3 is 2. The topological polar surface area (TPSA) is 52.5 Å². The number of nitrogens with one attached hydrogen (secondary N) is 1. The van der Waals surface area contributed by atoms with Crippen LogP contribution in [0.4, 0.5) is 5.69 Å². The fraction of sp³-hybridized carbons (Fsp3) is 0.179. The van der Waals surface area contributed by atoms with E-state index in [0.29, 0.717) is 17.1 Å². The van der Waals surface area contributed by atoms with Crippen molar-refractivity contribution < 1.29 is 14.3 Å². The summed E-state index contributed by atoms with van der Waals surface area (Å²) in [5.41, 5.74) is 7.26. The van der Waals surface area contributed by atoms with Crippen LogP contribution in [0, 0.1) is 20.8 Å². The Morgan fingerprint density at radius 2 is 1.58 bits per heavy atom. The molecule has 0 aliphatic carbocycles. The van der Waals surface area contributed by atoms with Gasteiger partial charge in [-0.2, -0.15) is 0 Å². The molecule has 4 aromatic rings. The molecule has 168 valence electrons. The van der Waals surface area contributed by atoms with Crippen molar-refractivity contribution in [3.8, 4) is 28.4 Å². The first-order valence-corrected chi connectivity index (χ1v) is 10.8. The molecule has 33 heavy (non-hydrogen) atoms. The van der Waals surface area contributed by atoms with Gasteiger partial charge in [0.15, 0.2) is 0 Å². The summed E-state index contributed by atoms with van der Waals surface area (Å²) in [6.45, 7) is 6.04. The number of aryl methyl sites for hydroxylation is 2. The summed E-state index contributed by atoms with van der Waals surface area (Å²) in [5, 5.41) is 3.05. The van der Waals surface area contributed by atoms with Crippen LogP contribution in [0.25, 0.3) is 16.9 Å². The van der Waals surface area contributed by atoms with Crippen molar-refractivity contribution in [2.75, 3.05) is 19.5 Å². The Kier molecular flexibility index (Phi) is 6.22. The van der Waals surface area contributed by atoms with Crippen molar-refractivity contribution in [2.45, 2.75) is 20.8 Å². The number of hydrogen-bond acceptors (Lipinski definition) is 3. The van der Waals surface area contributed by atoms with E-state index in [1.54, 1.807) is 14.2 Å². The fourth-order valence-corrected chi connectivity index (χ4v) is 3.96. The highest BCUT2D eigenvalue weighted by molar-refractivity contribution is 6.06. The Hall–Kier alpha value is -3.99. The number of nitrogens with zero attached hydrogens (tertiary/aromatic N) is 1. The van der Waals surface area contributed by atoms with Crippen molar-refractivity contribution in [1.82, 2.24) is 4.57 Å². The van der Waals surface area contributed by atoms with Gasteiger partial charge in [0.25, 0.3) is 5.91 Å². The first kappa shape index (κ1) is 22.2. The molecule has 0 saturated carbocycles. The summed E-state index contributed by atoms with van der Waals surface area (Å²) < 4.78 is 13.1. The second-order valence-corrected chi connectivity index (χ2v) is 8.02. The second-order valence-electron chi connectivity index (χ2n) is 8.02. The molecule has 0 saturated heterocycles. The maximum Gasteiger partial charge on any atom is 0.257 e. The molecule has 0 radical (unpaired) electrons. The highest BCUT2D eigenvalue weighted by Crippen LogP contribution is 2.35. The quantitative estimate of drug-likeness (QED) is 0.381. The molecule has 1 N–H and O–H groups in total. The lowest BCUT2D eigenvalue weighted by molar-refractivity contribution is 0.102. The number of benzene rings is 3. The number of anilines is 1. The van der Waals surface area contributed by atoms with E-state index in [-0.39, 0.29) is 5.91 Å². The molecule has 4 rings (SSSR count). The first-order chi connectivity index (χ1) is 15.9. The monoisotopic (exact) mass is 440 g/mol. The lowest BCUT2D eigenvalue weighted by Crippen LogP contribution is -2.13. The van der Waals surface area contributed by atoms with Crippen molar-refractivity contribution >= 4 is 11.6 Å². The molecular weight excluding hydrogens is 412 g/mol. The number of amides is 1. The van der Waals surface area contributed by atoms with Crippen molar-refractivity contribution in [3.63, 3.8) is 0 Å². The summed E-state index contributed by atoms with van der Waals surface area (Å²) in [6, 6.07) is 23.6. The summed E-state index contributed by atoms with van der Waals surface area (Å²) in [5.74, 6) is 1.21. The number of hydrogen-bond donors (Lipinski definition) is 1. The smallest absolute Gasteiger partial charge is 0.257 e. The molecule has 0 spiro atoms. The average Bonchev–Trinajstić information content (AvgIpc) is 3.18. The van der Waals surface area contributed by atoms with Crippen molar-refractivity contribution in [2.24, 2.45) is 0 Å². The van der Waals surface area contributed by atoms with Crippen LogP contribution in [0.1, 0.15) is 27.2 Å². The van der Waals surface area contributed by atoms with Crippen LogP contribution >= 0.6 is 0 Å². The number of aromatic nitrogens is 1. The molecule has 0 aliphatic rings. The predicted molar refractivity (Wildman–Crippen MR) is 133 cm³/mol. The minimum atomic E-state index is -0.154. The Labute approximate surface area is 194 Å². The molecule has 0 bridgehead atoms. The van der Waals surface area contributed by atoms with Crippen molar-refractivity contribution in [1.29, 1.82) is 0 Å². The maximum absolute atomic E-state index is 13.3. The Bertz CT molecular complexity index is 1310. The van der Waals surface area contributed by atoms with E-state index in [1.165, 1.54) is 5.56 Å². The molecule has 3 aromatic carbocycles. The van der Waals surface area contributed by atoms with Gasteiger partial charge in [0.1, 0.15) is 11.5 Å². The van der Waals surface area contributed by atoms with Crippen LogP contribution < -0.4 is 14.8 Å². The third-order valence-corrected chi connectivity index (χ3v) is 5.95. The number of carbonyl (C=O) groups excluding carboxylic acids is 1. The second kappa shape index (κ2) is 9.25. The minimum absolute atomic E-state index is 0.154. The average molecular weight is 441 g/mol. The van der Waals surface area contributed by atoms with E-state index >= 15 is 0 Å². The van der Waals surface area contributed by atoms with Gasteiger partial charge in [0.2, 0.25) is 0 Å². The van der Waals surface area contributed by atoms with E-state index in [0.717, 1.165) is 33.9 Å². The highest BCUT2D eigenvalue weighted by Gasteiger charge is 2.22. The van der Waals surface area contributed by atoms with Gasteiger partial charge in [-0.15, -0.1) is 0 Å². The molecule has 0 aliphatic heterocycles. The molecule has 0 fully saturated rings. The van der Waals surface area contributed by atoms with Crippen LogP contribution in [0.3, 0.4) is 0 Å². The molecule has 1 amide bonds. The minimum Gasteiger partial charge on any atom is -0.497 e. The van der Waals surface area contributed by atoms with Gasteiger partial charge in [0, 0.05) is 17.4 Å². The SMILES string of the molecule is COc1ccc(-n2c(-c3ccccc3)cc(C(=O)Nc3ccc(C)c(C)c3)c2C)c(OC)c1. The lowest BCUT2D eigenvalue weighted by Gasteiger charge is -2.16. The standard InChI is InChI=1S/C28H28N2O3/c1-18-11-12-22(15-19(18)2)29-28(31)24-17-26(21-9-7-6-8-10-21)30(20(24)3)25-14-13-23(32-4)16-27(25)33-5/h6-17H,1-5H3,(H,29,31). The van der Waals surface area contributed by atoms with Crippen LogP contribution in [0.5, 0.6) is 11.5 Å². The Morgan fingerprint density at radius 1 is 0.818 bits per heavy atom. The largest absolute Gasteiger partial charge is 0.497 e. The zero-order valence-corrected chi connectivity index (χ0v) is 19.6. The van der Waals surface area contributed by atoms with Crippen LogP contribution in [0.2, 0.25) is 0 Å². The van der Waals surface area contributed by atoms with Crippen molar-refractivity contribution in [3.05, 3.63) is 95.2 Å². The number of carbonyl (C=O) groups is 1. The van der Waals surface area contributed by atoms with Gasteiger partial charge in [-0.1, -0.05) is 36.4 Å². The van der Waals surface area contributed by atoms with Gasteiger partial charge < -0.3 is 19.4 Å². The predicted octanol–water partition coefficient (Wildman–Crippen LogP) is 6.34. The molecule has 0 unspecified atom stereocenters. The van der Waals surface area contributed by atoms with Gasteiger partial charge in [0.05, 0.1) is 31.2 Å². The van der Waals surface area contributed by atoms with Crippen LogP contribution in [0.15, 0.2) is 72.8 Å². The third-order valence-electron chi connectivity index (χ3n) is 5.95. The lowest BCUT2D eigenvalue weighted by atomic mass is 10.1. The molecule has 0 atom stereocenters. The normalized spacial score (nSPS) is 10.7. The first-order valence-electron chi connectivity index (χ1n) is 10.8. The van der Waals surface area contributed by atoms with E-state index < -0.39 is 0 Å². The van der Waals surface area contributed by atoms with E-state index in [9.17, 15) is 4.79 Å². The number of rotatable bonds is 6. The van der Waals surface area contributed by atoms with E-state index in [2.05, 4.69) is 16.8 Å². The molecule has 1 heterocycles. The van der Waals surface area contributed by atoms with E-state index in [4.69, 9.17) is 9.47 Å². The van der Waals surface area contributed by atoms with Gasteiger partial charge in [-0.05, 0) is 67.8 Å². The van der Waals surface area contributed by atoms with Gasteiger partial charge in [-0.25, -0.2) is 0 Å². The summed E-state index contributed by atoms with van der Waals surface area (Å²) in [4.78, 5) is 13.3. The van der Waals surface area contributed by atoms with Gasteiger partial charge in [-0.3, -0.25) is 4.79 Å². The Balaban J connectivity index is 1.85. The molecule has 1 aromatic heterocycles. The third kappa shape index (κ3) is 4.35.